The van der Waals surface area contributed by atoms with Gasteiger partial charge in [-0.1, -0.05) is 11.6 Å². The van der Waals surface area contributed by atoms with Crippen LogP contribution in [0.5, 0.6) is 5.75 Å². The van der Waals surface area contributed by atoms with Crippen molar-refractivity contribution in [1.82, 2.24) is 4.90 Å². The first-order chi connectivity index (χ1) is 10.2. The van der Waals surface area contributed by atoms with Gasteiger partial charge in [-0.3, -0.25) is 0 Å². The fourth-order valence-electron chi connectivity index (χ4n) is 2.23. The Morgan fingerprint density at radius 3 is 2.50 bits per heavy atom. The maximum absolute atomic E-state index is 12.0. The highest BCUT2D eigenvalue weighted by Gasteiger charge is 2.27. The molecule has 0 N–H and O–H groups in total. The molecule has 6 heteroatoms. The monoisotopic (exact) mass is 389 g/mol. The van der Waals surface area contributed by atoms with Gasteiger partial charge in [-0.15, -0.1) is 0 Å². The first-order valence-corrected chi connectivity index (χ1v) is 8.51. The van der Waals surface area contributed by atoms with Crippen LogP contribution in [0.3, 0.4) is 0 Å². The van der Waals surface area contributed by atoms with Gasteiger partial charge >= 0.3 is 6.09 Å². The molecular weight excluding hydrogens is 370 g/mol. The number of carbonyl (C=O) groups excluding carboxylic acids is 1. The third kappa shape index (κ3) is 5.06. The van der Waals surface area contributed by atoms with E-state index >= 15 is 0 Å². The van der Waals surface area contributed by atoms with Crippen LogP contribution in [0.2, 0.25) is 5.02 Å². The molecule has 0 aromatic heterocycles. The standard InChI is InChI=1S/C16H21BrClNO3/c1-16(2,3)22-15(20)19-8-6-11(7-9-19)21-12-4-5-13(17)14(18)10-12/h4-5,10-11H,6-9H2,1-3H3. The first kappa shape index (κ1) is 17.4. The average molecular weight is 391 g/mol. The molecule has 1 amide bonds. The van der Waals surface area contributed by atoms with Crippen LogP contribution < -0.4 is 4.74 Å². The van der Waals surface area contributed by atoms with Crippen LogP contribution in [0, 0.1) is 0 Å². The molecule has 2 rings (SSSR count). The van der Waals surface area contributed by atoms with E-state index < -0.39 is 5.60 Å². The molecule has 1 aromatic rings. The highest BCUT2D eigenvalue weighted by Crippen LogP contribution is 2.28. The molecule has 0 atom stereocenters. The molecular formula is C16H21BrClNO3. The van der Waals surface area contributed by atoms with Crippen molar-refractivity contribution in [2.24, 2.45) is 0 Å². The van der Waals surface area contributed by atoms with E-state index in [1.54, 1.807) is 11.0 Å². The highest BCUT2D eigenvalue weighted by atomic mass is 79.9. The van der Waals surface area contributed by atoms with E-state index in [1.165, 1.54) is 0 Å². The van der Waals surface area contributed by atoms with E-state index in [4.69, 9.17) is 21.1 Å². The number of hydrogen-bond donors (Lipinski definition) is 0. The fourth-order valence-corrected chi connectivity index (χ4v) is 2.64. The number of halogens is 2. The van der Waals surface area contributed by atoms with Gasteiger partial charge in [-0.05, 0) is 54.9 Å². The number of likely N-dealkylation sites (tertiary alicyclic amines) is 1. The lowest BCUT2D eigenvalue weighted by Gasteiger charge is -2.33. The normalized spacial score (nSPS) is 16.5. The summed E-state index contributed by atoms with van der Waals surface area (Å²) in [6.07, 6.45) is 1.41. The smallest absolute Gasteiger partial charge is 0.410 e. The Balaban J connectivity index is 1.84. The fraction of sp³-hybridized carbons (Fsp3) is 0.562. The SMILES string of the molecule is CC(C)(C)OC(=O)N1CCC(Oc2ccc(Br)c(Cl)c2)CC1. The van der Waals surface area contributed by atoms with E-state index in [0.717, 1.165) is 23.1 Å². The molecule has 0 unspecified atom stereocenters. The number of carbonyl (C=O) groups is 1. The summed E-state index contributed by atoms with van der Waals surface area (Å²) in [6, 6.07) is 5.55. The minimum absolute atomic E-state index is 0.0935. The zero-order chi connectivity index (χ0) is 16.3. The number of amides is 1. The van der Waals surface area contributed by atoms with E-state index in [1.807, 2.05) is 32.9 Å². The molecule has 1 heterocycles. The second-order valence-corrected chi connectivity index (χ2v) is 7.62. The number of hydrogen-bond acceptors (Lipinski definition) is 3. The molecule has 1 saturated heterocycles. The van der Waals surface area contributed by atoms with E-state index in [0.29, 0.717) is 18.1 Å². The Morgan fingerprint density at radius 2 is 1.95 bits per heavy atom. The van der Waals surface area contributed by atoms with Gasteiger partial charge in [0.15, 0.2) is 0 Å². The summed E-state index contributed by atoms with van der Waals surface area (Å²) in [6.45, 7) is 6.90. The van der Waals surface area contributed by atoms with E-state index in [9.17, 15) is 4.79 Å². The van der Waals surface area contributed by atoms with Gasteiger partial charge in [0.2, 0.25) is 0 Å². The van der Waals surface area contributed by atoms with Gasteiger partial charge < -0.3 is 14.4 Å². The van der Waals surface area contributed by atoms with Crippen molar-refractivity contribution in [2.45, 2.75) is 45.3 Å². The lowest BCUT2D eigenvalue weighted by Crippen LogP contribution is -2.44. The van der Waals surface area contributed by atoms with Crippen molar-refractivity contribution in [3.63, 3.8) is 0 Å². The largest absolute Gasteiger partial charge is 0.490 e. The van der Waals surface area contributed by atoms with Crippen LogP contribution in [-0.4, -0.2) is 35.8 Å². The second kappa shape index (κ2) is 7.09. The number of rotatable bonds is 2. The van der Waals surface area contributed by atoms with Gasteiger partial charge in [0.1, 0.15) is 17.5 Å². The van der Waals surface area contributed by atoms with Crippen molar-refractivity contribution in [3.8, 4) is 5.75 Å². The molecule has 0 radical (unpaired) electrons. The molecule has 122 valence electrons. The Morgan fingerprint density at radius 1 is 1.32 bits per heavy atom. The molecule has 0 spiro atoms. The predicted molar refractivity (Wildman–Crippen MR) is 90.6 cm³/mol. The molecule has 0 bridgehead atoms. The second-order valence-electron chi connectivity index (χ2n) is 6.36. The van der Waals surface area contributed by atoms with E-state index in [2.05, 4.69) is 15.9 Å². The van der Waals surface area contributed by atoms with Crippen LogP contribution in [-0.2, 0) is 4.74 Å². The maximum atomic E-state index is 12.0. The Bertz CT molecular complexity index is 537. The van der Waals surface area contributed by atoms with Crippen LogP contribution in [0.25, 0.3) is 0 Å². The summed E-state index contributed by atoms with van der Waals surface area (Å²) >= 11 is 9.42. The average Bonchev–Trinajstić information content (AvgIpc) is 2.42. The molecule has 0 aliphatic carbocycles. The zero-order valence-corrected chi connectivity index (χ0v) is 15.4. The van der Waals surface area contributed by atoms with E-state index in [-0.39, 0.29) is 12.2 Å². The number of benzene rings is 1. The Kier molecular flexibility index (Phi) is 5.61. The van der Waals surface area contributed by atoms with Crippen molar-refractivity contribution < 1.29 is 14.3 Å². The predicted octanol–water partition coefficient (Wildman–Crippen LogP) is 4.88. The molecule has 4 nitrogen and oxygen atoms in total. The summed E-state index contributed by atoms with van der Waals surface area (Å²) in [4.78, 5) is 13.7. The number of piperidine rings is 1. The summed E-state index contributed by atoms with van der Waals surface area (Å²) in [5.74, 6) is 0.754. The molecule has 22 heavy (non-hydrogen) atoms. The van der Waals surface area contributed by atoms with Crippen molar-refractivity contribution in [1.29, 1.82) is 0 Å². The molecule has 1 aromatic carbocycles. The summed E-state index contributed by atoms with van der Waals surface area (Å²) < 4.78 is 12.2. The van der Waals surface area contributed by atoms with Gasteiger partial charge in [-0.25, -0.2) is 4.79 Å². The molecule has 1 aliphatic heterocycles. The lowest BCUT2D eigenvalue weighted by molar-refractivity contribution is 0.0126. The number of ether oxygens (including phenoxy) is 2. The molecule has 0 saturated carbocycles. The van der Waals surface area contributed by atoms with Gasteiger partial charge in [0.25, 0.3) is 0 Å². The third-order valence-electron chi connectivity index (χ3n) is 3.29. The summed E-state index contributed by atoms with van der Waals surface area (Å²) in [5.41, 5.74) is -0.460. The maximum Gasteiger partial charge on any atom is 0.410 e. The lowest BCUT2D eigenvalue weighted by atomic mass is 10.1. The van der Waals surface area contributed by atoms with Gasteiger partial charge in [0.05, 0.1) is 5.02 Å². The molecule has 1 fully saturated rings. The topological polar surface area (TPSA) is 38.8 Å². The minimum Gasteiger partial charge on any atom is -0.490 e. The van der Waals surface area contributed by atoms with Crippen LogP contribution in [0.1, 0.15) is 33.6 Å². The van der Waals surface area contributed by atoms with Gasteiger partial charge in [-0.2, -0.15) is 0 Å². The Labute approximate surface area is 144 Å². The third-order valence-corrected chi connectivity index (χ3v) is 4.52. The first-order valence-electron chi connectivity index (χ1n) is 7.34. The quantitative estimate of drug-likeness (QED) is 0.722. The van der Waals surface area contributed by atoms with Crippen LogP contribution >= 0.6 is 27.5 Å². The molecule has 1 aliphatic rings. The number of nitrogens with zero attached hydrogens (tertiary/aromatic N) is 1. The van der Waals surface area contributed by atoms with Crippen LogP contribution in [0.15, 0.2) is 22.7 Å². The summed E-state index contributed by atoms with van der Waals surface area (Å²) in [7, 11) is 0. The summed E-state index contributed by atoms with van der Waals surface area (Å²) in [5, 5.41) is 0.628. The van der Waals surface area contributed by atoms with Gasteiger partial charge in [0, 0.05) is 30.4 Å². The zero-order valence-electron chi connectivity index (χ0n) is 13.1. The van der Waals surface area contributed by atoms with Crippen molar-refractivity contribution in [3.05, 3.63) is 27.7 Å². The highest BCUT2D eigenvalue weighted by molar-refractivity contribution is 9.10. The minimum atomic E-state index is -0.460. The van der Waals surface area contributed by atoms with Crippen molar-refractivity contribution in [2.75, 3.05) is 13.1 Å². The van der Waals surface area contributed by atoms with Crippen LogP contribution in [0.4, 0.5) is 4.79 Å². The Hall–Kier alpha value is -0.940. The van der Waals surface area contributed by atoms with Crippen molar-refractivity contribution >= 4 is 33.6 Å².